The van der Waals surface area contributed by atoms with Crippen molar-refractivity contribution in [3.63, 3.8) is 0 Å². The van der Waals surface area contributed by atoms with Crippen LogP contribution in [0.2, 0.25) is 0 Å². The van der Waals surface area contributed by atoms with E-state index in [-0.39, 0.29) is 23.9 Å². The number of ether oxygens (including phenoxy) is 8. The van der Waals surface area contributed by atoms with Crippen LogP contribution in [0.15, 0.2) is 48.5 Å². The molecule has 3 saturated heterocycles. The highest BCUT2D eigenvalue weighted by Gasteiger charge is 2.51. The second-order valence-electron chi connectivity index (χ2n) is 12.9. The van der Waals surface area contributed by atoms with Crippen LogP contribution in [0.1, 0.15) is 18.1 Å². The van der Waals surface area contributed by atoms with Crippen LogP contribution in [0.25, 0.3) is 6.08 Å². The fourth-order valence-electron chi connectivity index (χ4n) is 5.97. The SMILES string of the molecule is COc1cc(C=CC(=O)O[C@H]2[C@H](O[C@H]3OC[C@H](O)[C@@H](O)[C@H]3O)[C@H](O)[C@H](OC[C@@H]3O[C@H](OCCc4ccc(O)cc4)[C@@H](O)[C@@H](O)[C@@H]3O)O[C@@H]2C)ccc1O. The summed E-state index contributed by atoms with van der Waals surface area (Å²) in [5, 5.41) is 93.1. The lowest BCUT2D eigenvalue weighted by molar-refractivity contribution is -0.354. The van der Waals surface area contributed by atoms with Gasteiger partial charge >= 0.3 is 5.97 Å². The minimum Gasteiger partial charge on any atom is -0.508 e. The molecule has 53 heavy (non-hydrogen) atoms. The Hall–Kier alpha value is -3.47. The first-order chi connectivity index (χ1) is 25.3. The molecule has 3 aliphatic heterocycles. The number of rotatable bonds is 13. The number of aliphatic hydroxyl groups is 7. The first-order valence-electron chi connectivity index (χ1n) is 16.9. The standard InChI is InChI=1S/C35H46O18/c1-16-31(52-24(39)10-6-18-5-9-20(37)22(13-18)46-2)32(53-34-28(43)25(40)21(38)14-48-34)30(45)35(50-16)49-15-23-26(41)27(42)29(44)33(51-23)47-12-11-17-3-7-19(36)8-4-17/h3-10,13,16,21,23,25-38,40-45H,11-12,14-15H2,1-2H3/t16-,21+,23+,25-,26-,27+,28-,29+,30+,31-,32-,33+,34-,35-/m1/s1. The molecule has 0 aromatic heterocycles. The molecular weight excluding hydrogens is 708 g/mol. The maximum Gasteiger partial charge on any atom is 0.331 e. The summed E-state index contributed by atoms with van der Waals surface area (Å²) in [4.78, 5) is 13.0. The third kappa shape index (κ3) is 9.99. The molecule has 18 nitrogen and oxygen atoms in total. The van der Waals surface area contributed by atoms with Gasteiger partial charge in [-0.2, -0.15) is 0 Å². The summed E-state index contributed by atoms with van der Waals surface area (Å²) >= 11 is 0. The molecule has 0 unspecified atom stereocenters. The van der Waals surface area contributed by atoms with Gasteiger partial charge in [0.15, 0.2) is 36.5 Å². The van der Waals surface area contributed by atoms with Crippen LogP contribution < -0.4 is 4.74 Å². The fraction of sp³-hybridized carbons (Fsp3) is 0.571. The minimum absolute atomic E-state index is 0.0448. The van der Waals surface area contributed by atoms with Gasteiger partial charge in [0.1, 0.15) is 60.7 Å². The van der Waals surface area contributed by atoms with E-state index in [2.05, 4.69) is 0 Å². The lowest BCUT2D eigenvalue weighted by atomic mass is 9.98. The predicted molar refractivity (Wildman–Crippen MR) is 177 cm³/mol. The number of carbonyl (C=O) groups is 1. The van der Waals surface area contributed by atoms with Gasteiger partial charge in [-0.15, -0.1) is 0 Å². The molecule has 3 heterocycles. The van der Waals surface area contributed by atoms with E-state index in [1.54, 1.807) is 12.1 Å². The van der Waals surface area contributed by atoms with Crippen molar-refractivity contribution in [1.29, 1.82) is 0 Å². The number of phenolic OH excluding ortho intramolecular Hbond substituents is 2. The van der Waals surface area contributed by atoms with Gasteiger partial charge in [-0.25, -0.2) is 4.79 Å². The molecule has 0 amide bonds. The Kier molecular flexibility index (Phi) is 14.0. The number of carbonyl (C=O) groups excluding carboxylic acids is 1. The number of aliphatic hydroxyl groups excluding tert-OH is 7. The zero-order chi connectivity index (χ0) is 38.4. The van der Waals surface area contributed by atoms with Gasteiger partial charge in [0.2, 0.25) is 0 Å². The van der Waals surface area contributed by atoms with Gasteiger partial charge in [0.05, 0.1) is 33.0 Å². The van der Waals surface area contributed by atoms with Gasteiger partial charge in [0.25, 0.3) is 0 Å². The zero-order valence-electron chi connectivity index (χ0n) is 28.8. The molecule has 18 heteroatoms. The lowest BCUT2D eigenvalue weighted by Gasteiger charge is -2.46. The summed E-state index contributed by atoms with van der Waals surface area (Å²) in [5.41, 5.74) is 1.30. The smallest absolute Gasteiger partial charge is 0.331 e. The highest BCUT2D eigenvalue weighted by molar-refractivity contribution is 5.87. The summed E-state index contributed by atoms with van der Waals surface area (Å²) in [6.45, 7) is 0.583. The first-order valence-corrected chi connectivity index (χ1v) is 16.9. The molecule has 0 bridgehead atoms. The van der Waals surface area contributed by atoms with E-state index in [0.717, 1.165) is 11.6 Å². The van der Waals surface area contributed by atoms with Crippen molar-refractivity contribution >= 4 is 12.0 Å². The number of aromatic hydroxyl groups is 2. The van der Waals surface area contributed by atoms with Gasteiger partial charge in [-0.1, -0.05) is 18.2 Å². The summed E-state index contributed by atoms with van der Waals surface area (Å²) in [5.74, 6) is -0.748. The van der Waals surface area contributed by atoms with Crippen molar-refractivity contribution in [3.05, 3.63) is 59.7 Å². The van der Waals surface area contributed by atoms with Gasteiger partial charge < -0.3 is 83.9 Å². The number of benzene rings is 2. The summed E-state index contributed by atoms with van der Waals surface area (Å²) < 4.78 is 44.9. The molecule has 0 spiro atoms. The Morgan fingerprint density at radius 1 is 0.811 bits per heavy atom. The normalized spacial score (nSPS) is 36.3. The topological polar surface area (TPSA) is 273 Å². The van der Waals surface area contributed by atoms with E-state index >= 15 is 0 Å². The molecule has 5 rings (SSSR count). The average Bonchev–Trinajstić information content (AvgIpc) is 3.14. The van der Waals surface area contributed by atoms with Crippen LogP contribution in [-0.4, -0.2) is 165 Å². The maximum atomic E-state index is 13.0. The van der Waals surface area contributed by atoms with Crippen molar-refractivity contribution < 1.29 is 88.6 Å². The van der Waals surface area contributed by atoms with Crippen molar-refractivity contribution in [2.75, 3.05) is 26.9 Å². The number of methoxy groups -OCH3 is 1. The third-order valence-corrected chi connectivity index (χ3v) is 9.07. The van der Waals surface area contributed by atoms with Crippen LogP contribution in [-0.2, 0) is 44.4 Å². The molecule has 2 aromatic carbocycles. The molecule has 3 aliphatic rings. The molecule has 0 saturated carbocycles. The van der Waals surface area contributed by atoms with E-state index in [4.69, 9.17) is 37.9 Å². The molecule has 3 fully saturated rings. The highest BCUT2D eigenvalue weighted by Crippen LogP contribution is 2.32. The van der Waals surface area contributed by atoms with Crippen LogP contribution >= 0.6 is 0 Å². The van der Waals surface area contributed by atoms with Crippen LogP contribution in [0.4, 0.5) is 0 Å². The second-order valence-corrected chi connectivity index (χ2v) is 12.9. The Morgan fingerprint density at radius 2 is 1.51 bits per heavy atom. The Balaban J connectivity index is 1.26. The van der Waals surface area contributed by atoms with E-state index in [0.29, 0.717) is 12.0 Å². The number of hydrogen-bond donors (Lipinski definition) is 9. The highest BCUT2D eigenvalue weighted by atomic mass is 16.7. The quantitative estimate of drug-likeness (QED) is 0.0794. The molecule has 0 radical (unpaired) electrons. The summed E-state index contributed by atoms with van der Waals surface area (Å²) in [7, 11) is 1.36. The zero-order valence-corrected chi connectivity index (χ0v) is 28.8. The number of hydrogen-bond acceptors (Lipinski definition) is 18. The number of esters is 1. The predicted octanol–water partition coefficient (Wildman–Crippen LogP) is -1.96. The molecule has 294 valence electrons. The summed E-state index contributed by atoms with van der Waals surface area (Å²) in [6, 6.07) is 10.7. The maximum absolute atomic E-state index is 13.0. The Labute approximate surface area is 303 Å². The van der Waals surface area contributed by atoms with Crippen molar-refractivity contribution in [1.82, 2.24) is 0 Å². The van der Waals surface area contributed by atoms with Gasteiger partial charge in [0, 0.05) is 6.08 Å². The van der Waals surface area contributed by atoms with Crippen LogP contribution in [0.3, 0.4) is 0 Å². The summed E-state index contributed by atoms with van der Waals surface area (Å²) in [6.07, 6.45) is -18.5. The van der Waals surface area contributed by atoms with Crippen LogP contribution in [0, 0.1) is 0 Å². The van der Waals surface area contributed by atoms with Crippen molar-refractivity contribution in [2.24, 2.45) is 0 Å². The molecule has 14 atom stereocenters. The fourth-order valence-corrected chi connectivity index (χ4v) is 5.97. The largest absolute Gasteiger partial charge is 0.508 e. The molecule has 2 aromatic rings. The monoisotopic (exact) mass is 754 g/mol. The lowest BCUT2D eigenvalue weighted by Crippen LogP contribution is -2.64. The van der Waals surface area contributed by atoms with Gasteiger partial charge in [-0.3, -0.25) is 0 Å². The molecule has 0 aliphatic carbocycles. The van der Waals surface area contributed by atoms with Gasteiger partial charge in [-0.05, 0) is 54.8 Å². The Bertz CT molecular complexity index is 1510. The molecule has 9 N–H and O–H groups in total. The van der Waals surface area contributed by atoms with Crippen LogP contribution in [0.5, 0.6) is 17.2 Å². The molecular formula is C35H46O18. The first kappa shape index (κ1) is 40.7. The minimum atomic E-state index is -1.78. The van der Waals surface area contributed by atoms with E-state index in [9.17, 15) is 50.8 Å². The van der Waals surface area contributed by atoms with E-state index in [1.807, 2.05) is 0 Å². The van der Waals surface area contributed by atoms with E-state index < -0.39 is 105 Å². The second kappa shape index (κ2) is 18.2. The van der Waals surface area contributed by atoms with Crippen molar-refractivity contribution in [2.45, 2.75) is 99.4 Å². The van der Waals surface area contributed by atoms with Crippen molar-refractivity contribution in [3.8, 4) is 17.2 Å². The Morgan fingerprint density at radius 3 is 2.23 bits per heavy atom. The average molecular weight is 755 g/mol. The third-order valence-electron chi connectivity index (χ3n) is 9.07. The van der Waals surface area contributed by atoms with E-state index in [1.165, 1.54) is 50.4 Å². The number of phenols is 2.